The summed E-state index contributed by atoms with van der Waals surface area (Å²) in [7, 11) is -12.7. The first-order valence-corrected chi connectivity index (χ1v) is 14.4. The molecule has 0 rings (SSSR count). The highest BCUT2D eigenvalue weighted by molar-refractivity contribution is 7.47. The fraction of sp³-hybridized carbons (Fsp3) is 1.00. The molecule has 17 heteroatoms. The quantitative estimate of drug-likeness (QED) is 0.168. The summed E-state index contributed by atoms with van der Waals surface area (Å²) in [5.74, 6) is 0. The van der Waals surface area contributed by atoms with E-state index in [4.69, 9.17) is 27.6 Å². The summed E-state index contributed by atoms with van der Waals surface area (Å²) >= 11 is 0. The molecule has 0 fully saturated rings. The lowest BCUT2D eigenvalue weighted by Crippen LogP contribution is -2.18. The fourth-order valence-electron chi connectivity index (χ4n) is 1.83. The second kappa shape index (κ2) is 14.7. The van der Waals surface area contributed by atoms with Crippen molar-refractivity contribution in [1.29, 1.82) is 0 Å². The maximum Gasteiger partial charge on any atom is 0.472 e. The van der Waals surface area contributed by atoms with Gasteiger partial charge in [0.05, 0.1) is 64.1 Å². The van der Waals surface area contributed by atoms with E-state index in [0.717, 1.165) is 0 Å². The van der Waals surface area contributed by atoms with Gasteiger partial charge in [-0.25, -0.2) is 13.7 Å². The van der Waals surface area contributed by atoms with Crippen LogP contribution in [0.3, 0.4) is 0 Å². The molecule has 2 atom stereocenters. The highest BCUT2D eigenvalue weighted by atomic mass is 31.2. The first-order chi connectivity index (χ1) is 14.8. The molecule has 0 amide bonds. The molecule has 200 valence electrons. The molecule has 0 heterocycles. The molecule has 2 unspecified atom stereocenters. The van der Waals surface area contributed by atoms with E-state index < -0.39 is 34.7 Å². The second-order valence-corrected chi connectivity index (χ2v) is 12.6. The highest BCUT2D eigenvalue weighted by Crippen LogP contribution is 2.47. The van der Waals surface area contributed by atoms with E-state index in [1.807, 2.05) is 0 Å². The Morgan fingerprint density at radius 3 is 0.970 bits per heavy atom. The van der Waals surface area contributed by atoms with Gasteiger partial charge in [0.2, 0.25) is 0 Å². The van der Waals surface area contributed by atoms with Gasteiger partial charge in [-0.05, 0) is 41.5 Å². The third-order valence-corrected chi connectivity index (χ3v) is 6.30. The van der Waals surface area contributed by atoms with Crippen LogP contribution in [0.25, 0.3) is 0 Å². The Hall–Kier alpha value is 0.250. The summed E-state index contributed by atoms with van der Waals surface area (Å²) in [6.45, 7) is 8.23. The van der Waals surface area contributed by atoms with Crippen LogP contribution in [0.15, 0.2) is 0 Å². The molecule has 0 aliphatic rings. The Morgan fingerprint density at radius 2 is 0.727 bits per heavy atom. The first kappa shape index (κ1) is 33.2. The van der Waals surface area contributed by atoms with Crippen molar-refractivity contribution in [2.45, 2.75) is 52.7 Å². The molecular formula is C16H37O14P3. The van der Waals surface area contributed by atoms with Crippen molar-refractivity contribution in [2.75, 3.05) is 52.9 Å². The number of ether oxygens (including phenoxy) is 2. The second-order valence-electron chi connectivity index (χ2n) is 8.37. The van der Waals surface area contributed by atoms with Crippen LogP contribution in [-0.4, -0.2) is 78.7 Å². The van der Waals surface area contributed by atoms with Crippen LogP contribution >= 0.6 is 23.5 Å². The normalized spacial score (nSPS) is 18.5. The molecule has 0 spiro atoms. The summed E-state index contributed by atoms with van der Waals surface area (Å²) in [5, 5.41) is 0. The van der Waals surface area contributed by atoms with Gasteiger partial charge in [-0.2, -0.15) is 0 Å². The minimum absolute atomic E-state index is 0.0739. The number of rotatable bonds is 18. The monoisotopic (exact) mass is 546 g/mol. The molecule has 0 aromatic heterocycles. The van der Waals surface area contributed by atoms with Crippen LogP contribution in [0, 0.1) is 0 Å². The van der Waals surface area contributed by atoms with Gasteiger partial charge in [0.1, 0.15) is 0 Å². The van der Waals surface area contributed by atoms with Crippen LogP contribution in [0.2, 0.25) is 0 Å². The van der Waals surface area contributed by atoms with E-state index in [0.29, 0.717) is 0 Å². The van der Waals surface area contributed by atoms with E-state index in [9.17, 15) is 28.4 Å². The van der Waals surface area contributed by atoms with Crippen LogP contribution in [0.5, 0.6) is 0 Å². The molecule has 0 saturated heterocycles. The molecule has 0 aliphatic carbocycles. The van der Waals surface area contributed by atoms with Gasteiger partial charge in [-0.1, -0.05) is 0 Å². The minimum Gasteiger partial charge on any atom is -0.377 e. The molecule has 0 aliphatic heterocycles. The Bertz CT molecular complexity index is 633. The Balaban J connectivity index is 3.79. The van der Waals surface area contributed by atoms with Crippen molar-refractivity contribution >= 4 is 23.5 Å². The maximum atomic E-state index is 11.7. The Labute approximate surface area is 194 Å². The standard InChI is InChI=1S/C16H37O14P3/c1-15(2,3)29-32(19,20)27-13-9-23-7-11-25-31(17,18)26-12-8-24-10-14-28-33(21,22)30-16(4,5)6/h7-14H2,1-6H3,(H,17,18)(H,19,20)(H,21,22). The molecule has 14 nitrogen and oxygen atoms in total. The first-order valence-electron chi connectivity index (χ1n) is 9.96. The summed E-state index contributed by atoms with van der Waals surface area (Å²) in [6.07, 6.45) is 0. The van der Waals surface area contributed by atoms with Crippen LogP contribution in [-0.2, 0) is 50.3 Å². The largest absolute Gasteiger partial charge is 0.472 e. The lowest BCUT2D eigenvalue weighted by atomic mass is 10.2. The van der Waals surface area contributed by atoms with Crippen molar-refractivity contribution in [1.82, 2.24) is 0 Å². The molecule has 0 bridgehead atoms. The topological polar surface area (TPSA) is 186 Å². The molecule has 0 aromatic carbocycles. The zero-order valence-electron chi connectivity index (χ0n) is 19.8. The Kier molecular flexibility index (Phi) is 14.8. The summed E-state index contributed by atoms with van der Waals surface area (Å²) < 4.78 is 73.6. The third-order valence-electron chi connectivity index (χ3n) is 2.71. The van der Waals surface area contributed by atoms with E-state index in [1.165, 1.54) is 0 Å². The fourth-order valence-corrected chi connectivity index (χ4v) is 4.62. The lowest BCUT2D eigenvalue weighted by Gasteiger charge is -2.22. The number of phosphoric acid groups is 3. The average molecular weight is 546 g/mol. The van der Waals surface area contributed by atoms with Crippen molar-refractivity contribution in [3.8, 4) is 0 Å². The van der Waals surface area contributed by atoms with Crippen molar-refractivity contribution < 1.29 is 65.0 Å². The molecule has 3 N–H and O–H groups in total. The predicted octanol–water partition coefficient (Wildman–Crippen LogP) is 3.02. The third kappa shape index (κ3) is 22.5. The maximum absolute atomic E-state index is 11.7. The zero-order valence-corrected chi connectivity index (χ0v) is 22.5. The minimum atomic E-state index is -4.34. The van der Waals surface area contributed by atoms with Gasteiger partial charge < -0.3 is 24.2 Å². The van der Waals surface area contributed by atoms with Crippen LogP contribution in [0.4, 0.5) is 0 Å². The zero-order chi connectivity index (χ0) is 25.8. The lowest BCUT2D eigenvalue weighted by molar-refractivity contribution is 0.0255. The predicted molar refractivity (Wildman–Crippen MR) is 117 cm³/mol. The molecule has 0 radical (unpaired) electrons. The van der Waals surface area contributed by atoms with Gasteiger partial charge in [-0.15, -0.1) is 0 Å². The van der Waals surface area contributed by atoms with Crippen molar-refractivity contribution in [3.05, 3.63) is 0 Å². The van der Waals surface area contributed by atoms with Crippen LogP contribution in [0.1, 0.15) is 41.5 Å². The highest BCUT2D eigenvalue weighted by Gasteiger charge is 2.29. The summed E-state index contributed by atoms with van der Waals surface area (Å²) in [5.41, 5.74) is -1.71. The Morgan fingerprint density at radius 1 is 0.485 bits per heavy atom. The van der Waals surface area contributed by atoms with E-state index in [-0.39, 0.29) is 52.9 Å². The molecule has 33 heavy (non-hydrogen) atoms. The number of hydrogen-bond acceptors (Lipinski definition) is 11. The number of phosphoric ester groups is 3. The van der Waals surface area contributed by atoms with E-state index >= 15 is 0 Å². The van der Waals surface area contributed by atoms with Gasteiger partial charge >= 0.3 is 23.5 Å². The van der Waals surface area contributed by atoms with Gasteiger partial charge in [0.25, 0.3) is 0 Å². The van der Waals surface area contributed by atoms with E-state index in [1.54, 1.807) is 41.5 Å². The molecule has 0 aromatic rings. The molecule has 0 saturated carbocycles. The molecular weight excluding hydrogens is 509 g/mol. The van der Waals surface area contributed by atoms with Crippen LogP contribution < -0.4 is 0 Å². The van der Waals surface area contributed by atoms with Gasteiger partial charge in [-0.3, -0.25) is 27.1 Å². The van der Waals surface area contributed by atoms with Crippen molar-refractivity contribution in [2.24, 2.45) is 0 Å². The SMILES string of the molecule is CC(C)(C)OP(=O)(O)OCCOCCOP(=O)(O)OCCOCCOP(=O)(O)OC(C)(C)C. The van der Waals surface area contributed by atoms with E-state index in [2.05, 4.69) is 9.05 Å². The van der Waals surface area contributed by atoms with Gasteiger partial charge in [0, 0.05) is 0 Å². The van der Waals surface area contributed by atoms with Crippen molar-refractivity contribution in [3.63, 3.8) is 0 Å². The number of hydrogen-bond donors (Lipinski definition) is 3. The summed E-state index contributed by atoms with van der Waals surface area (Å²) in [4.78, 5) is 28.5. The average Bonchev–Trinajstić information content (AvgIpc) is 2.55. The smallest absolute Gasteiger partial charge is 0.377 e. The van der Waals surface area contributed by atoms with Gasteiger partial charge in [0.15, 0.2) is 0 Å². The summed E-state index contributed by atoms with van der Waals surface area (Å²) in [6, 6.07) is 0.